The van der Waals surface area contributed by atoms with Crippen molar-refractivity contribution in [2.75, 3.05) is 11.1 Å². The Morgan fingerprint density at radius 1 is 1.06 bits per heavy atom. The van der Waals surface area contributed by atoms with Crippen molar-refractivity contribution in [2.24, 2.45) is 7.05 Å². The van der Waals surface area contributed by atoms with Crippen LogP contribution in [0.3, 0.4) is 0 Å². The summed E-state index contributed by atoms with van der Waals surface area (Å²) in [5.41, 5.74) is 3.18. The maximum atomic E-state index is 12.7. The molecular formula is C21H21ClN8OS. The highest BCUT2D eigenvalue weighted by molar-refractivity contribution is 7.99. The van der Waals surface area contributed by atoms with Crippen molar-refractivity contribution in [3.05, 3.63) is 58.5 Å². The molecule has 32 heavy (non-hydrogen) atoms. The second-order valence-electron chi connectivity index (χ2n) is 7.22. The zero-order valence-electron chi connectivity index (χ0n) is 18.0. The molecule has 0 unspecified atom stereocenters. The number of nitrogens with one attached hydrogen (secondary N) is 1. The van der Waals surface area contributed by atoms with Crippen molar-refractivity contribution in [3.63, 3.8) is 0 Å². The molecule has 0 aliphatic carbocycles. The SMILES string of the molecule is Cc1cc(C)nc(-n2nc(C)cc2NC(=O)CSc2nnc(-c3ccccc3Cl)n2C)n1. The number of aryl methyl sites for hydroxylation is 3. The van der Waals surface area contributed by atoms with Crippen LogP contribution in [0.2, 0.25) is 5.02 Å². The van der Waals surface area contributed by atoms with Gasteiger partial charge in [0, 0.05) is 30.1 Å². The molecule has 0 fully saturated rings. The molecule has 164 valence electrons. The van der Waals surface area contributed by atoms with Gasteiger partial charge in [0.05, 0.1) is 16.5 Å². The van der Waals surface area contributed by atoms with Gasteiger partial charge in [0.25, 0.3) is 5.95 Å². The molecule has 1 aromatic carbocycles. The van der Waals surface area contributed by atoms with Crippen molar-refractivity contribution in [1.82, 2.24) is 34.5 Å². The van der Waals surface area contributed by atoms with E-state index in [-0.39, 0.29) is 11.7 Å². The number of amides is 1. The highest BCUT2D eigenvalue weighted by atomic mass is 35.5. The number of aromatic nitrogens is 7. The van der Waals surface area contributed by atoms with E-state index in [0.717, 1.165) is 22.6 Å². The average molecular weight is 469 g/mol. The maximum Gasteiger partial charge on any atom is 0.252 e. The molecule has 0 radical (unpaired) electrons. The lowest BCUT2D eigenvalue weighted by atomic mass is 10.2. The summed E-state index contributed by atoms with van der Waals surface area (Å²) in [4.78, 5) is 21.5. The number of anilines is 1. The van der Waals surface area contributed by atoms with Gasteiger partial charge in [0.2, 0.25) is 5.91 Å². The van der Waals surface area contributed by atoms with Crippen molar-refractivity contribution in [1.29, 1.82) is 0 Å². The first-order valence-electron chi connectivity index (χ1n) is 9.78. The summed E-state index contributed by atoms with van der Waals surface area (Å²) < 4.78 is 3.35. The standard InChI is InChI=1S/C21H21ClN8OS/c1-12-9-13(2)24-20(23-12)30-17(10-14(3)28-30)25-18(31)11-32-21-27-26-19(29(21)4)15-7-5-6-8-16(15)22/h5-10H,11H2,1-4H3,(H,25,31). The molecule has 0 atom stereocenters. The number of rotatable bonds is 6. The molecule has 9 nitrogen and oxygen atoms in total. The fourth-order valence-corrected chi connectivity index (χ4v) is 4.10. The van der Waals surface area contributed by atoms with E-state index in [1.54, 1.807) is 12.1 Å². The maximum absolute atomic E-state index is 12.7. The summed E-state index contributed by atoms with van der Waals surface area (Å²) in [6.07, 6.45) is 0. The molecule has 1 amide bonds. The van der Waals surface area contributed by atoms with Crippen LogP contribution in [0.5, 0.6) is 0 Å². The van der Waals surface area contributed by atoms with Crippen LogP contribution in [-0.2, 0) is 11.8 Å². The van der Waals surface area contributed by atoms with Gasteiger partial charge >= 0.3 is 0 Å². The summed E-state index contributed by atoms with van der Waals surface area (Å²) in [7, 11) is 1.84. The first-order chi connectivity index (χ1) is 15.3. The van der Waals surface area contributed by atoms with E-state index in [9.17, 15) is 4.79 Å². The number of nitrogens with zero attached hydrogens (tertiary/aromatic N) is 7. The van der Waals surface area contributed by atoms with E-state index in [2.05, 4.69) is 30.6 Å². The first-order valence-corrected chi connectivity index (χ1v) is 11.1. The fourth-order valence-electron chi connectivity index (χ4n) is 3.17. The lowest BCUT2D eigenvalue weighted by Crippen LogP contribution is -2.18. The minimum Gasteiger partial charge on any atom is -0.310 e. The van der Waals surface area contributed by atoms with Crippen molar-refractivity contribution in [2.45, 2.75) is 25.9 Å². The average Bonchev–Trinajstić information content (AvgIpc) is 3.28. The Kier molecular flexibility index (Phi) is 6.24. The van der Waals surface area contributed by atoms with Gasteiger partial charge in [-0.15, -0.1) is 10.2 Å². The van der Waals surface area contributed by atoms with Crippen LogP contribution < -0.4 is 5.32 Å². The molecule has 4 rings (SSSR count). The summed E-state index contributed by atoms with van der Waals surface area (Å²) in [6.45, 7) is 5.63. The Morgan fingerprint density at radius 3 is 2.50 bits per heavy atom. The number of hydrogen-bond acceptors (Lipinski definition) is 7. The Labute approximate surface area is 194 Å². The summed E-state index contributed by atoms with van der Waals surface area (Å²) >= 11 is 7.56. The molecule has 0 saturated carbocycles. The summed E-state index contributed by atoms with van der Waals surface area (Å²) in [5.74, 6) is 1.50. The monoisotopic (exact) mass is 468 g/mol. The van der Waals surface area contributed by atoms with Gasteiger partial charge in [-0.3, -0.25) is 4.79 Å². The second kappa shape index (κ2) is 9.09. The number of hydrogen-bond donors (Lipinski definition) is 1. The van der Waals surface area contributed by atoms with Crippen LogP contribution in [0.1, 0.15) is 17.1 Å². The van der Waals surface area contributed by atoms with Crippen LogP contribution in [0.4, 0.5) is 5.82 Å². The molecule has 0 aliphatic heterocycles. The number of carbonyl (C=O) groups is 1. The minimum absolute atomic E-state index is 0.145. The van der Waals surface area contributed by atoms with Gasteiger partial charge in [-0.25, -0.2) is 9.97 Å². The Bertz CT molecular complexity index is 1280. The van der Waals surface area contributed by atoms with E-state index in [1.165, 1.54) is 16.4 Å². The van der Waals surface area contributed by atoms with E-state index in [4.69, 9.17) is 11.6 Å². The largest absolute Gasteiger partial charge is 0.310 e. The van der Waals surface area contributed by atoms with Gasteiger partial charge in [0.1, 0.15) is 5.82 Å². The molecule has 11 heteroatoms. The van der Waals surface area contributed by atoms with E-state index >= 15 is 0 Å². The topological polar surface area (TPSA) is 103 Å². The summed E-state index contributed by atoms with van der Waals surface area (Å²) in [6, 6.07) is 11.1. The third-order valence-corrected chi connectivity index (χ3v) is 5.89. The highest BCUT2D eigenvalue weighted by Gasteiger charge is 2.17. The molecule has 3 aromatic heterocycles. The van der Waals surface area contributed by atoms with Crippen LogP contribution in [-0.4, -0.2) is 46.2 Å². The molecule has 0 aliphatic rings. The van der Waals surface area contributed by atoms with E-state index < -0.39 is 0 Å². The number of carbonyl (C=O) groups excluding carboxylic acids is 1. The zero-order valence-corrected chi connectivity index (χ0v) is 19.6. The van der Waals surface area contributed by atoms with Crippen LogP contribution in [0.15, 0.2) is 41.6 Å². The quantitative estimate of drug-likeness (QED) is 0.429. The zero-order chi connectivity index (χ0) is 22.8. The van der Waals surface area contributed by atoms with Gasteiger partial charge < -0.3 is 9.88 Å². The lowest BCUT2D eigenvalue weighted by molar-refractivity contribution is -0.113. The molecule has 4 aromatic rings. The molecule has 0 saturated heterocycles. The molecule has 0 bridgehead atoms. The van der Waals surface area contributed by atoms with Crippen LogP contribution in [0.25, 0.3) is 17.3 Å². The third-order valence-electron chi connectivity index (χ3n) is 4.54. The van der Waals surface area contributed by atoms with Gasteiger partial charge in [-0.05, 0) is 39.0 Å². The number of benzene rings is 1. The Morgan fingerprint density at radius 2 is 1.78 bits per heavy atom. The highest BCUT2D eigenvalue weighted by Crippen LogP contribution is 2.28. The van der Waals surface area contributed by atoms with Crippen molar-refractivity contribution < 1.29 is 4.79 Å². The predicted octanol–water partition coefficient (Wildman–Crippen LogP) is 3.77. The second-order valence-corrected chi connectivity index (χ2v) is 8.57. The first kappa shape index (κ1) is 22.0. The van der Waals surface area contributed by atoms with Crippen molar-refractivity contribution in [3.8, 4) is 17.3 Å². The van der Waals surface area contributed by atoms with E-state index in [1.807, 2.05) is 56.7 Å². The smallest absolute Gasteiger partial charge is 0.252 e. The normalized spacial score (nSPS) is 11.0. The summed E-state index contributed by atoms with van der Waals surface area (Å²) in [5, 5.41) is 16.9. The Hall–Kier alpha value is -3.24. The minimum atomic E-state index is -0.206. The molecular weight excluding hydrogens is 448 g/mol. The third kappa shape index (κ3) is 4.66. The van der Waals surface area contributed by atoms with Crippen LogP contribution in [0, 0.1) is 20.8 Å². The molecule has 3 heterocycles. The fraction of sp³-hybridized carbons (Fsp3) is 0.238. The lowest BCUT2D eigenvalue weighted by Gasteiger charge is -2.09. The van der Waals surface area contributed by atoms with Gasteiger partial charge in [0.15, 0.2) is 11.0 Å². The predicted molar refractivity (Wildman–Crippen MR) is 124 cm³/mol. The number of thioether (sulfide) groups is 1. The Balaban J connectivity index is 1.48. The molecule has 0 spiro atoms. The number of halogens is 1. The van der Waals surface area contributed by atoms with E-state index in [0.29, 0.717) is 27.8 Å². The van der Waals surface area contributed by atoms with Crippen molar-refractivity contribution >= 4 is 35.1 Å². The van der Waals surface area contributed by atoms with Crippen LogP contribution >= 0.6 is 23.4 Å². The van der Waals surface area contributed by atoms with Gasteiger partial charge in [-0.1, -0.05) is 35.5 Å². The van der Waals surface area contributed by atoms with Gasteiger partial charge in [-0.2, -0.15) is 9.78 Å². The molecule has 1 N–H and O–H groups in total.